The Morgan fingerprint density at radius 2 is 1.68 bits per heavy atom. The Hall–Kier alpha value is -1.67. The van der Waals surface area contributed by atoms with Gasteiger partial charge in [0.2, 0.25) is 10.0 Å². The summed E-state index contributed by atoms with van der Waals surface area (Å²) >= 11 is 0. The number of aromatic nitrogens is 4. The van der Waals surface area contributed by atoms with Crippen molar-refractivity contribution >= 4 is 10.0 Å². The van der Waals surface area contributed by atoms with Crippen molar-refractivity contribution in [1.29, 1.82) is 0 Å². The molecular formula is C14H23N5O2S. The van der Waals surface area contributed by atoms with Crippen LogP contribution in [0, 0.1) is 27.7 Å². The Kier molecular flexibility index (Phi) is 4.44. The maximum absolute atomic E-state index is 12.6. The molecule has 0 atom stereocenters. The third kappa shape index (κ3) is 2.80. The number of hydrogen-bond acceptors (Lipinski definition) is 4. The van der Waals surface area contributed by atoms with E-state index in [9.17, 15) is 8.42 Å². The molecule has 0 radical (unpaired) electrons. The van der Waals surface area contributed by atoms with E-state index in [0.717, 1.165) is 17.0 Å². The molecule has 0 aliphatic carbocycles. The van der Waals surface area contributed by atoms with E-state index in [1.807, 2.05) is 27.8 Å². The molecule has 2 aromatic heterocycles. The summed E-state index contributed by atoms with van der Waals surface area (Å²) in [6.07, 6.45) is 0. The minimum absolute atomic E-state index is 0.226. The van der Waals surface area contributed by atoms with E-state index in [1.54, 1.807) is 23.2 Å². The zero-order valence-corrected chi connectivity index (χ0v) is 14.7. The van der Waals surface area contributed by atoms with Crippen LogP contribution in [0.2, 0.25) is 0 Å². The molecule has 122 valence electrons. The lowest BCUT2D eigenvalue weighted by Crippen LogP contribution is -2.25. The predicted octanol–water partition coefficient (Wildman–Crippen LogP) is 1.35. The molecule has 0 aliphatic heterocycles. The molecule has 0 saturated heterocycles. The van der Waals surface area contributed by atoms with Crippen molar-refractivity contribution in [3.8, 4) is 0 Å². The average Bonchev–Trinajstić information content (AvgIpc) is 2.85. The number of aryl methyl sites for hydroxylation is 4. The molecule has 1 N–H and O–H groups in total. The van der Waals surface area contributed by atoms with E-state index < -0.39 is 10.0 Å². The first-order valence-corrected chi connectivity index (χ1v) is 8.70. The topological polar surface area (TPSA) is 81.8 Å². The Balaban J connectivity index is 2.31. The first kappa shape index (κ1) is 16.7. The van der Waals surface area contributed by atoms with Crippen LogP contribution in [-0.2, 0) is 30.2 Å². The van der Waals surface area contributed by atoms with Gasteiger partial charge in [-0.3, -0.25) is 9.36 Å². The second-order valence-electron chi connectivity index (χ2n) is 5.41. The number of nitrogens with zero attached hydrogens (tertiary/aromatic N) is 4. The maximum Gasteiger partial charge on any atom is 0.244 e. The van der Waals surface area contributed by atoms with E-state index in [4.69, 9.17) is 0 Å². The van der Waals surface area contributed by atoms with Gasteiger partial charge in [0.15, 0.2) is 0 Å². The SMILES string of the molecule is CCn1nc(C)c(S(=O)(=O)NCc2c(C)nn(C)c2C)c1C. The van der Waals surface area contributed by atoms with Gasteiger partial charge in [-0.15, -0.1) is 0 Å². The van der Waals surface area contributed by atoms with E-state index in [-0.39, 0.29) is 11.4 Å². The second kappa shape index (κ2) is 5.85. The van der Waals surface area contributed by atoms with Crippen molar-refractivity contribution in [2.45, 2.75) is 52.6 Å². The Morgan fingerprint density at radius 3 is 2.14 bits per heavy atom. The van der Waals surface area contributed by atoms with Gasteiger partial charge >= 0.3 is 0 Å². The van der Waals surface area contributed by atoms with Crippen molar-refractivity contribution in [2.24, 2.45) is 7.05 Å². The van der Waals surface area contributed by atoms with Crippen LogP contribution in [0.25, 0.3) is 0 Å². The average molecular weight is 325 g/mol. The second-order valence-corrected chi connectivity index (χ2v) is 7.12. The molecule has 0 aromatic carbocycles. The van der Waals surface area contributed by atoms with E-state index >= 15 is 0 Å². The molecule has 2 heterocycles. The summed E-state index contributed by atoms with van der Waals surface area (Å²) in [7, 11) is -1.76. The Morgan fingerprint density at radius 1 is 1.05 bits per heavy atom. The fourth-order valence-electron chi connectivity index (χ4n) is 2.69. The Bertz CT molecular complexity index is 802. The van der Waals surface area contributed by atoms with Gasteiger partial charge in [0.05, 0.1) is 17.1 Å². The predicted molar refractivity (Wildman–Crippen MR) is 84.1 cm³/mol. The van der Waals surface area contributed by atoms with Gasteiger partial charge in [-0.25, -0.2) is 13.1 Å². The van der Waals surface area contributed by atoms with Gasteiger partial charge < -0.3 is 0 Å². The molecule has 0 unspecified atom stereocenters. The van der Waals surface area contributed by atoms with Crippen LogP contribution >= 0.6 is 0 Å². The highest BCUT2D eigenvalue weighted by molar-refractivity contribution is 7.89. The minimum Gasteiger partial charge on any atom is -0.272 e. The number of nitrogens with one attached hydrogen (secondary N) is 1. The smallest absolute Gasteiger partial charge is 0.244 e. The highest BCUT2D eigenvalue weighted by Crippen LogP contribution is 2.20. The molecule has 7 nitrogen and oxygen atoms in total. The van der Waals surface area contributed by atoms with Crippen LogP contribution < -0.4 is 4.72 Å². The van der Waals surface area contributed by atoms with E-state index in [2.05, 4.69) is 14.9 Å². The van der Waals surface area contributed by atoms with Gasteiger partial charge in [-0.2, -0.15) is 10.2 Å². The lowest BCUT2D eigenvalue weighted by Gasteiger charge is -2.08. The van der Waals surface area contributed by atoms with Crippen LogP contribution in [0.15, 0.2) is 4.90 Å². The standard InChI is InChI=1S/C14H23N5O2S/c1-7-19-12(5)14(10(3)17-19)22(20,21)15-8-13-9(2)16-18(6)11(13)4/h15H,7-8H2,1-6H3. The normalized spacial score (nSPS) is 12.1. The van der Waals surface area contributed by atoms with Crippen LogP contribution in [0.1, 0.15) is 35.3 Å². The maximum atomic E-state index is 12.6. The summed E-state index contributed by atoms with van der Waals surface area (Å²) in [5, 5.41) is 8.57. The molecule has 0 spiro atoms. The molecule has 2 rings (SSSR count). The lowest BCUT2D eigenvalue weighted by atomic mass is 10.2. The summed E-state index contributed by atoms with van der Waals surface area (Å²) in [6.45, 7) is 10.1. The molecule has 0 bridgehead atoms. The molecule has 0 amide bonds. The highest BCUT2D eigenvalue weighted by Gasteiger charge is 2.24. The number of rotatable bonds is 5. The summed E-state index contributed by atoms with van der Waals surface area (Å²) < 4.78 is 31.4. The zero-order chi connectivity index (χ0) is 16.7. The van der Waals surface area contributed by atoms with Gasteiger partial charge in [-0.1, -0.05) is 0 Å². The minimum atomic E-state index is -3.60. The monoisotopic (exact) mass is 325 g/mol. The molecule has 0 saturated carbocycles. The quantitative estimate of drug-likeness (QED) is 0.899. The van der Waals surface area contributed by atoms with Crippen molar-refractivity contribution in [3.05, 3.63) is 28.3 Å². The molecule has 8 heteroatoms. The van der Waals surface area contributed by atoms with E-state index in [0.29, 0.717) is 17.9 Å². The van der Waals surface area contributed by atoms with E-state index in [1.165, 1.54) is 0 Å². The summed E-state index contributed by atoms with van der Waals surface area (Å²) in [6, 6.07) is 0. The molecule has 2 aromatic rings. The number of sulfonamides is 1. The largest absolute Gasteiger partial charge is 0.272 e. The third-order valence-corrected chi connectivity index (χ3v) is 5.63. The van der Waals surface area contributed by atoms with Crippen LogP contribution in [0.5, 0.6) is 0 Å². The van der Waals surface area contributed by atoms with Gasteiger partial charge in [0.25, 0.3) is 0 Å². The lowest BCUT2D eigenvalue weighted by molar-refractivity contribution is 0.578. The molecule has 0 aliphatic rings. The first-order chi connectivity index (χ1) is 10.2. The van der Waals surface area contributed by atoms with Gasteiger partial charge in [0.1, 0.15) is 4.90 Å². The molecule has 0 fully saturated rings. The Labute approximate surface area is 131 Å². The van der Waals surface area contributed by atoms with Crippen molar-refractivity contribution < 1.29 is 8.42 Å². The van der Waals surface area contributed by atoms with Crippen molar-refractivity contribution in [1.82, 2.24) is 24.3 Å². The van der Waals surface area contributed by atoms with Gasteiger partial charge in [0, 0.05) is 31.4 Å². The van der Waals surface area contributed by atoms with Crippen LogP contribution in [0.4, 0.5) is 0 Å². The fourth-order valence-corrected chi connectivity index (χ4v) is 4.09. The third-order valence-electron chi connectivity index (χ3n) is 3.98. The summed E-state index contributed by atoms with van der Waals surface area (Å²) in [4.78, 5) is 0.272. The molecular weight excluding hydrogens is 302 g/mol. The van der Waals surface area contributed by atoms with Gasteiger partial charge in [-0.05, 0) is 34.6 Å². The van der Waals surface area contributed by atoms with Crippen molar-refractivity contribution in [2.75, 3.05) is 0 Å². The van der Waals surface area contributed by atoms with Crippen LogP contribution in [-0.4, -0.2) is 28.0 Å². The first-order valence-electron chi connectivity index (χ1n) is 7.21. The summed E-state index contributed by atoms with van der Waals surface area (Å²) in [5.74, 6) is 0. The van der Waals surface area contributed by atoms with Crippen LogP contribution in [0.3, 0.4) is 0 Å². The zero-order valence-electron chi connectivity index (χ0n) is 13.9. The number of hydrogen-bond donors (Lipinski definition) is 1. The summed E-state index contributed by atoms with van der Waals surface area (Å²) in [5.41, 5.74) is 3.88. The molecule has 22 heavy (non-hydrogen) atoms. The highest BCUT2D eigenvalue weighted by atomic mass is 32.2. The fraction of sp³-hybridized carbons (Fsp3) is 0.571. The van der Waals surface area contributed by atoms with Crippen molar-refractivity contribution in [3.63, 3.8) is 0 Å².